The maximum absolute atomic E-state index is 9.70. The highest BCUT2D eigenvalue weighted by atomic mass is 16.6. The summed E-state index contributed by atoms with van der Waals surface area (Å²) in [6.45, 7) is 1.59. The minimum absolute atomic E-state index is 0.0368. The topological polar surface area (TPSA) is 63.4 Å². The molecule has 0 heterocycles. The zero-order chi connectivity index (χ0) is 7.28. The lowest BCUT2D eigenvalue weighted by atomic mass is 10.2. The van der Waals surface area contributed by atoms with E-state index >= 15 is 0 Å². The lowest BCUT2D eigenvalue weighted by Gasteiger charge is -1.98. The molecule has 0 saturated carbocycles. The monoisotopic (exact) mass is 133 g/mol. The largest absolute Gasteiger partial charge is 0.393 e. The maximum Gasteiger partial charge on any atom is 0.204 e. The molecule has 0 aromatic carbocycles. The molecular formula is C5H11NO3. The Morgan fingerprint density at radius 2 is 2.33 bits per heavy atom. The molecule has 0 fully saturated rings. The molecule has 0 aromatic heterocycles. The Balaban J connectivity index is 3.01. The summed E-state index contributed by atoms with van der Waals surface area (Å²) in [6, 6.07) is 0. The molecule has 0 radical (unpaired) electrons. The van der Waals surface area contributed by atoms with E-state index in [-0.39, 0.29) is 11.5 Å². The Morgan fingerprint density at radius 1 is 1.78 bits per heavy atom. The van der Waals surface area contributed by atoms with Gasteiger partial charge in [-0.25, -0.2) is 0 Å². The van der Waals surface area contributed by atoms with Crippen molar-refractivity contribution in [3.05, 3.63) is 10.1 Å². The highest BCUT2D eigenvalue weighted by molar-refractivity contribution is 4.44. The number of hydrogen-bond donors (Lipinski definition) is 1. The summed E-state index contributed by atoms with van der Waals surface area (Å²) in [5.41, 5.74) is 0. The molecule has 0 aliphatic carbocycles. The Kier molecular flexibility index (Phi) is 3.96. The van der Waals surface area contributed by atoms with E-state index in [1.165, 1.54) is 0 Å². The van der Waals surface area contributed by atoms with Crippen molar-refractivity contribution in [3.63, 3.8) is 0 Å². The third-order valence-electron chi connectivity index (χ3n) is 0.963. The molecule has 0 saturated heterocycles. The van der Waals surface area contributed by atoms with Gasteiger partial charge in [0.05, 0.1) is 6.10 Å². The van der Waals surface area contributed by atoms with E-state index in [1.54, 1.807) is 6.92 Å². The van der Waals surface area contributed by atoms with Crippen molar-refractivity contribution >= 4 is 0 Å². The Labute approximate surface area is 53.6 Å². The van der Waals surface area contributed by atoms with Gasteiger partial charge in [0.2, 0.25) is 6.54 Å². The fourth-order valence-corrected chi connectivity index (χ4v) is 0.516. The van der Waals surface area contributed by atoms with Gasteiger partial charge in [0, 0.05) is 11.3 Å². The first-order chi connectivity index (χ1) is 4.13. The zero-order valence-corrected chi connectivity index (χ0v) is 5.41. The molecule has 4 heteroatoms. The lowest BCUT2D eigenvalue weighted by molar-refractivity contribution is -0.480. The smallest absolute Gasteiger partial charge is 0.204 e. The van der Waals surface area contributed by atoms with Crippen molar-refractivity contribution in [2.45, 2.75) is 25.9 Å². The first kappa shape index (κ1) is 8.36. The molecule has 0 unspecified atom stereocenters. The van der Waals surface area contributed by atoms with Gasteiger partial charge in [-0.1, -0.05) is 0 Å². The van der Waals surface area contributed by atoms with Crippen LogP contribution in [0.2, 0.25) is 0 Å². The maximum atomic E-state index is 9.70. The Bertz CT molecular complexity index is 92.2. The van der Waals surface area contributed by atoms with Gasteiger partial charge in [-0.15, -0.1) is 0 Å². The van der Waals surface area contributed by atoms with Gasteiger partial charge in [-0.2, -0.15) is 0 Å². The number of rotatable bonds is 4. The molecule has 4 nitrogen and oxygen atoms in total. The highest BCUT2D eigenvalue weighted by Crippen LogP contribution is 1.94. The van der Waals surface area contributed by atoms with Crippen molar-refractivity contribution in [3.8, 4) is 0 Å². The minimum atomic E-state index is -0.412. The second-order valence-corrected chi connectivity index (χ2v) is 2.05. The van der Waals surface area contributed by atoms with Gasteiger partial charge in [-0.05, 0) is 13.3 Å². The average molecular weight is 133 g/mol. The number of aliphatic hydroxyl groups is 1. The van der Waals surface area contributed by atoms with Crippen LogP contribution in [0.4, 0.5) is 0 Å². The molecule has 54 valence electrons. The van der Waals surface area contributed by atoms with Crippen LogP contribution in [0.3, 0.4) is 0 Å². The fraction of sp³-hybridized carbons (Fsp3) is 1.00. The van der Waals surface area contributed by atoms with Crippen molar-refractivity contribution < 1.29 is 10.0 Å². The number of nitrogens with zero attached hydrogens (tertiary/aromatic N) is 1. The molecule has 0 aliphatic rings. The standard InChI is InChI=1S/C5H11NO3/c1-5(7)3-2-4-6(8)9/h5,7H,2-4H2,1H3/t5-/m0/s1. The van der Waals surface area contributed by atoms with Gasteiger partial charge >= 0.3 is 0 Å². The van der Waals surface area contributed by atoms with Gasteiger partial charge in [0.25, 0.3) is 0 Å². The molecule has 9 heavy (non-hydrogen) atoms. The molecule has 0 bridgehead atoms. The average Bonchev–Trinajstić information content (AvgIpc) is 1.63. The summed E-state index contributed by atoms with van der Waals surface area (Å²) >= 11 is 0. The van der Waals surface area contributed by atoms with E-state index in [0.717, 1.165) is 0 Å². The molecule has 0 amide bonds. The second-order valence-electron chi connectivity index (χ2n) is 2.05. The minimum Gasteiger partial charge on any atom is -0.393 e. The van der Waals surface area contributed by atoms with E-state index < -0.39 is 6.10 Å². The van der Waals surface area contributed by atoms with Gasteiger partial charge in [0.15, 0.2) is 0 Å². The van der Waals surface area contributed by atoms with E-state index in [2.05, 4.69) is 0 Å². The molecule has 1 N–H and O–H groups in total. The van der Waals surface area contributed by atoms with E-state index in [0.29, 0.717) is 12.8 Å². The SMILES string of the molecule is C[C@H](O)CCC[N+](=O)[O-]. The number of hydrogen-bond acceptors (Lipinski definition) is 3. The summed E-state index contributed by atoms with van der Waals surface area (Å²) in [4.78, 5) is 9.33. The van der Waals surface area contributed by atoms with Crippen molar-refractivity contribution in [2.75, 3.05) is 6.54 Å². The van der Waals surface area contributed by atoms with Crippen LogP contribution in [0.5, 0.6) is 0 Å². The summed E-state index contributed by atoms with van der Waals surface area (Å²) in [6.07, 6.45) is 0.566. The van der Waals surface area contributed by atoms with E-state index in [9.17, 15) is 10.1 Å². The molecule has 0 aromatic rings. The summed E-state index contributed by atoms with van der Waals surface area (Å²) < 4.78 is 0. The highest BCUT2D eigenvalue weighted by Gasteiger charge is 1.99. The van der Waals surface area contributed by atoms with Crippen LogP contribution in [-0.4, -0.2) is 22.7 Å². The quantitative estimate of drug-likeness (QED) is 0.446. The van der Waals surface area contributed by atoms with Crippen LogP contribution in [0, 0.1) is 10.1 Å². The first-order valence-corrected chi connectivity index (χ1v) is 2.93. The third-order valence-corrected chi connectivity index (χ3v) is 0.963. The normalized spacial score (nSPS) is 13.1. The first-order valence-electron chi connectivity index (χ1n) is 2.93. The zero-order valence-electron chi connectivity index (χ0n) is 5.41. The van der Waals surface area contributed by atoms with Crippen LogP contribution in [-0.2, 0) is 0 Å². The summed E-state index contributed by atoms with van der Waals surface area (Å²) in [5.74, 6) is 0. The predicted molar refractivity (Wildman–Crippen MR) is 32.8 cm³/mol. The Morgan fingerprint density at radius 3 is 2.67 bits per heavy atom. The molecular weight excluding hydrogens is 122 g/mol. The predicted octanol–water partition coefficient (Wildman–Crippen LogP) is 0.424. The van der Waals surface area contributed by atoms with E-state index in [1.807, 2.05) is 0 Å². The molecule has 0 spiro atoms. The number of aliphatic hydroxyl groups excluding tert-OH is 1. The second kappa shape index (κ2) is 4.26. The fourth-order valence-electron chi connectivity index (χ4n) is 0.516. The Hall–Kier alpha value is -0.640. The van der Waals surface area contributed by atoms with E-state index in [4.69, 9.17) is 5.11 Å². The van der Waals surface area contributed by atoms with Crippen LogP contribution < -0.4 is 0 Å². The van der Waals surface area contributed by atoms with Crippen LogP contribution in [0.15, 0.2) is 0 Å². The molecule has 1 atom stereocenters. The van der Waals surface area contributed by atoms with Gasteiger partial charge in [0.1, 0.15) is 0 Å². The van der Waals surface area contributed by atoms with Gasteiger partial charge in [-0.3, -0.25) is 10.1 Å². The lowest BCUT2D eigenvalue weighted by Crippen LogP contribution is -2.05. The van der Waals surface area contributed by atoms with Crippen molar-refractivity contribution in [2.24, 2.45) is 0 Å². The van der Waals surface area contributed by atoms with Crippen LogP contribution >= 0.6 is 0 Å². The van der Waals surface area contributed by atoms with Crippen molar-refractivity contribution in [1.29, 1.82) is 0 Å². The number of nitro groups is 1. The van der Waals surface area contributed by atoms with Crippen LogP contribution in [0.25, 0.3) is 0 Å². The van der Waals surface area contributed by atoms with Gasteiger partial charge < -0.3 is 5.11 Å². The van der Waals surface area contributed by atoms with Crippen molar-refractivity contribution in [1.82, 2.24) is 0 Å². The third kappa shape index (κ3) is 7.36. The van der Waals surface area contributed by atoms with Crippen LogP contribution in [0.1, 0.15) is 19.8 Å². The summed E-state index contributed by atoms with van der Waals surface area (Å²) in [5, 5.41) is 18.3. The molecule has 0 aliphatic heterocycles. The molecule has 0 rings (SSSR count). The summed E-state index contributed by atoms with van der Waals surface area (Å²) in [7, 11) is 0.